The van der Waals surface area contributed by atoms with Crippen molar-refractivity contribution in [1.29, 1.82) is 0 Å². The Morgan fingerprint density at radius 3 is 2.23 bits per heavy atom. The summed E-state index contributed by atoms with van der Waals surface area (Å²) in [6, 6.07) is 19.2. The highest BCUT2D eigenvalue weighted by Gasteiger charge is 2.11. The minimum atomic E-state index is -0.636. The Bertz CT molecular complexity index is 1190. The van der Waals surface area contributed by atoms with E-state index in [1.165, 1.54) is 36.0 Å². The molecule has 0 heterocycles. The molecule has 9 heteroatoms. The van der Waals surface area contributed by atoms with Crippen molar-refractivity contribution in [3.05, 3.63) is 99.6 Å². The Balaban J connectivity index is 1.44. The normalized spacial score (nSPS) is 11.6. The molecule has 0 radical (unpaired) electrons. The number of hydrogen-bond acceptors (Lipinski definition) is 7. The molecule has 3 aromatic carbocycles. The van der Waals surface area contributed by atoms with E-state index in [2.05, 4.69) is 24.4 Å². The van der Waals surface area contributed by atoms with E-state index in [9.17, 15) is 19.7 Å². The van der Waals surface area contributed by atoms with Gasteiger partial charge in [0.15, 0.2) is 6.61 Å². The molecule has 0 aliphatic rings. The number of carbonyl (C=O) groups excluding carboxylic acids is 2. The minimum Gasteiger partial charge on any atom is -0.484 e. The van der Waals surface area contributed by atoms with Gasteiger partial charge in [0, 0.05) is 12.1 Å². The second-order valence-electron chi connectivity index (χ2n) is 7.72. The number of nitro benzene ring substituents is 1. The van der Waals surface area contributed by atoms with Crippen LogP contribution in [0.5, 0.6) is 11.5 Å². The standard InChI is InChI=1S/C26H25N3O6/c1-3-18(2)20-8-14-23(15-9-20)34-17-25(30)28-27-16-19-4-12-24(13-5-19)35-26(31)21-6-10-22(11-7-21)29(32)33/h4-16,18H,3,17H2,1-2H3,(H,28,30)/b27-16+. The van der Waals surface area contributed by atoms with E-state index < -0.39 is 16.8 Å². The van der Waals surface area contributed by atoms with Gasteiger partial charge in [-0.05, 0) is 72.0 Å². The molecule has 0 bridgehead atoms. The topological polar surface area (TPSA) is 120 Å². The van der Waals surface area contributed by atoms with Crippen LogP contribution in [0.3, 0.4) is 0 Å². The molecule has 35 heavy (non-hydrogen) atoms. The van der Waals surface area contributed by atoms with E-state index >= 15 is 0 Å². The summed E-state index contributed by atoms with van der Waals surface area (Å²) in [6.45, 7) is 4.12. The maximum Gasteiger partial charge on any atom is 0.343 e. The van der Waals surface area contributed by atoms with Crippen LogP contribution in [0.2, 0.25) is 0 Å². The number of hydrogen-bond donors (Lipinski definition) is 1. The molecule has 3 aromatic rings. The summed E-state index contributed by atoms with van der Waals surface area (Å²) >= 11 is 0. The molecule has 0 saturated carbocycles. The predicted octanol–water partition coefficient (Wildman–Crippen LogP) is 4.86. The van der Waals surface area contributed by atoms with Gasteiger partial charge in [-0.3, -0.25) is 14.9 Å². The number of carbonyl (C=O) groups is 2. The van der Waals surface area contributed by atoms with Crippen molar-refractivity contribution in [2.24, 2.45) is 5.10 Å². The number of nitro groups is 1. The van der Waals surface area contributed by atoms with Gasteiger partial charge in [-0.15, -0.1) is 0 Å². The summed E-state index contributed by atoms with van der Waals surface area (Å²) in [7, 11) is 0. The second kappa shape index (κ2) is 12.1. The number of non-ortho nitro benzene ring substituents is 1. The van der Waals surface area contributed by atoms with Crippen molar-refractivity contribution >= 4 is 23.8 Å². The van der Waals surface area contributed by atoms with Crippen molar-refractivity contribution < 1.29 is 24.0 Å². The lowest BCUT2D eigenvalue weighted by atomic mass is 9.99. The fraction of sp³-hybridized carbons (Fsp3) is 0.192. The third kappa shape index (κ3) is 7.50. The summed E-state index contributed by atoms with van der Waals surface area (Å²) in [5.41, 5.74) is 4.37. The highest BCUT2D eigenvalue weighted by atomic mass is 16.6. The van der Waals surface area contributed by atoms with Crippen molar-refractivity contribution in [3.63, 3.8) is 0 Å². The molecule has 1 unspecified atom stereocenters. The molecule has 0 aliphatic carbocycles. The third-order valence-electron chi connectivity index (χ3n) is 5.24. The van der Waals surface area contributed by atoms with Crippen LogP contribution in [0.25, 0.3) is 0 Å². The van der Waals surface area contributed by atoms with Gasteiger partial charge < -0.3 is 9.47 Å². The molecule has 180 valence electrons. The number of hydrazone groups is 1. The molecule has 1 atom stereocenters. The van der Waals surface area contributed by atoms with Crippen molar-refractivity contribution in [2.45, 2.75) is 26.2 Å². The Kier molecular flexibility index (Phi) is 8.66. The van der Waals surface area contributed by atoms with Gasteiger partial charge in [0.05, 0.1) is 16.7 Å². The maximum absolute atomic E-state index is 12.2. The number of amides is 1. The Morgan fingerprint density at radius 1 is 1.00 bits per heavy atom. The first-order chi connectivity index (χ1) is 16.9. The Hall–Kier alpha value is -4.53. The lowest BCUT2D eigenvalue weighted by Crippen LogP contribution is -2.24. The van der Waals surface area contributed by atoms with E-state index in [0.717, 1.165) is 6.42 Å². The predicted molar refractivity (Wildman–Crippen MR) is 131 cm³/mol. The SMILES string of the molecule is CCC(C)c1ccc(OCC(=O)N/N=C/c2ccc(OC(=O)c3ccc([N+](=O)[O-])cc3)cc2)cc1. The van der Waals surface area contributed by atoms with Gasteiger partial charge in [-0.25, -0.2) is 10.2 Å². The molecule has 1 amide bonds. The average Bonchev–Trinajstić information content (AvgIpc) is 2.88. The first-order valence-corrected chi connectivity index (χ1v) is 11.0. The number of rotatable bonds is 10. The highest BCUT2D eigenvalue weighted by molar-refractivity contribution is 5.91. The monoisotopic (exact) mass is 475 g/mol. The molecule has 3 rings (SSSR count). The zero-order valence-corrected chi connectivity index (χ0v) is 19.3. The van der Waals surface area contributed by atoms with Crippen LogP contribution >= 0.6 is 0 Å². The van der Waals surface area contributed by atoms with Crippen LogP contribution in [0.4, 0.5) is 5.69 Å². The third-order valence-corrected chi connectivity index (χ3v) is 5.24. The number of benzene rings is 3. The highest BCUT2D eigenvalue weighted by Crippen LogP contribution is 2.21. The Labute approximate surface area is 202 Å². The van der Waals surface area contributed by atoms with E-state index in [-0.39, 0.29) is 17.9 Å². The van der Waals surface area contributed by atoms with Gasteiger partial charge in [0.1, 0.15) is 11.5 Å². The number of nitrogens with zero attached hydrogens (tertiary/aromatic N) is 2. The van der Waals surface area contributed by atoms with E-state index in [1.54, 1.807) is 24.3 Å². The fourth-order valence-corrected chi connectivity index (χ4v) is 3.00. The minimum absolute atomic E-state index is 0.112. The molecule has 0 fully saturated rings. The summed E-state index contributed by atoms with van der Waals surface area (Å²) in [6.07, 6.45) is 2.50. The molecular formula is C26H25N3O6. The zero-order valence-electron chi connectivity index (χ0n) is 19.3. The molecule has 0 spiro atoms. The molecule has 0 saturated heterocycles. The quantitative estimate of drug-likeness (QED) is 0.147. The van der Waals surface area contributed by atoms with E-state index in [0.29, 0.717) is 23.0 Å². The lowest BCUT2D eigenvalue weighted by molar-refractivity contribution is -0.384. The van der Waals surface area contributed by atoms with E-state index in [4.69, 9.17) is 9.47 Å². The maximum atomic E-state index is 12.2. The van der Waals surface area contributed by atoms with E-state index in [1.807, 2.05) is 24.3 Å². The molecule has 1 N–H and O–H groups in total. The number of nitrogens with one attached hydrogen (secondary N) is 1. The van der Waals surface area contributed by atoms with Gasteiger partial charge in [0.25, 0.3) is 11.6 Å². The van der Waals surface area contributed by atoms with Gasteiger partial charge >= 0.3 is 5.97 Å². The first kappa shape index (κ1) is 25.1. The lowest BCUT2D eigenvalue weighted by Gasteiger charge is -2.10. The van der Waals surface area contributed by atoms with Crippen LogP contribution < -0.4 is 14.9 Å². The van der Waals surface area contributed by atoms with Crippen LogP contribution in [0, 0.1) is 10.1 Å². The van der Waals surface area contributed by atoms with Crippen molar-refractivity contribution in [3.8, 4) is 11.5 Å². The van der Waals surface area contributed by atoms with Gasteiger partial charge in [-0.2, -0.15) is 5.10 Å². The molecular weight excluding hydrogens is 450 g/mol. The largest absolute Gasteiger partial charge is 0.484 e. The van der Waals surface area contributed by atoms with Crippen LogP contribution in [-0.4, -0.2) is 29.6 Å². The summed E-state index contributed by atoms with van der Waals surface area (Å²) < 4.78 is 10.7. The van der Waals surface area contributed by atoms with Crippen molar-refractivity contribution in [2.75, 3.05) is 6.61 Å². The van der Waals surface area contributed by atoms with Crippen LogP contribution in [0.1, 0.15) is 47.7 Å². The van der Waals surface area contributed by atoms with Gasteiger partial charge in [-0.1, -0.05) is 26.0 Å². The average molecular weight is 476 g/mol. The fourth-order valence-electron chi connectivity index (χ4n) is 3.00. The smallest absolute Gasteiger partial charge is 0.343 e. The van der Waals surface area contributed by atoms with Gasteiger partial charge in [0.2, 0.25) is 0 Å². The Morgan fingerprint density at radius 2 is 1.63 bits per heavy atom. The number of esters is 1. The molecule has 0 aromatic heterocycles. The van der Waals surface area contributed by atoms with Crippen molar-refractivity contribution in [1.82, 2.24) is 5.43 Å². The summed E-state index contributed by atoms with van der Waals surface area (Å²) in [5, 5.41) is 14.6. The zero-order chi connectivity index (χ0) is 25.2. The number of ether oxygens (including phenoxy) is 2. The summed E-state index contributed by atoms with van der Waals surface area (Å²) in [5.74, 6) is 0.333. The first-order valence-electron chi connectivity index (χ1n) is 11.0. The summed E-state index contributed by atoms with van der Waals surface area (Å²) in [4.78, 5) is 34.3. The molecule has 9 nitrogen and oxygen atoms in total. The second-order valence-corrected chi connectivity index (χ2v) is 7.72. The van der Waals surface area contributed by atoms with Crippen LogP contribution in [-0.2, 0) is 4.79 Å². The van der Waals surface area contributed by atoms with Crippen LogP contribution in [0.15, 0.2) is 77.9 Å². The molecule has 0 aliphatic heterocycles.